The van der Waals surface area contributed by atoms with E-state index >= 15 is 0 Å². The Hall–Kier alpha value is -1.95. The van der Waals surface area contributed by atoms with E-state index in [4.69, 9.17) is 5.11 Å². The molecule has 0 saturated heterocycles. The molecule has 0 aliphatic carbocycles. The number of hydrogen-bond donors (Lipinski definition) is 2. The summed E-state index contributed by atoms with van der Waals surface area (Å²) in [6.07, 6.45) is 2.67. The number of nitrogens with one attached hydrogen (secondary N) is 1. The van der Waals surface area contributed by atoms with Gasteiger partial charge in [-0.05, 0) is 18.1 Å². The van der Waals surface area contributed by atoms with Crippen molar-refractivity contribution >= 4 is 22.4 Å². The van der Waals surface area contributed by atoms with Gasteiger partial charge in [0.05, 0.1) is 24.4 Å². The molecule has 0 saturated carbocycles. The van der Waals surface area contributed by atoms with Gasteiger partial charge in [-0.25, -0.2) is 4.98 Å². The zero-order valence-corrected chi connectivity index (χ0v) is 11.4. The molecule has 2 N–H and O–H groups in total. The van der Waals surface area contributed by atoms with E-state index in [1.165, 1.54) is 16.9 Å². The van der Waals surface area contributed by atoms with E-state index in [9.17, 15) is 4.79 Å². The van der Waals surface area contributed by atoms with Crippen LogP contribution in [0.1, 0.15) is 23.9 Å². The molecule has 2 heterocycles. The summed E-state index contributed by atoms with van der Waals surface area (Å²) in [6, 6.07) is 3.98. The maximum absolute atomic E-state index is 10.6. The van der Waals surface area contributed by atoms with Gasteiger partial charge in [-0.1, -0.05) is 13.0 Å². The molecule has 100 valence electrons. The maximum atomic E-state index is 10.6. The summed E-state index contributed by atoms with van der Waals surface area (Å²) in [7, 11) is 0. The standard InChI is InChI=1S/C13H15N3O2S/c1-2-9-4-3-5-14-11(9)7-15-13-16-10(8-19-13)6-12(17)18/h3-5,8H,2,6-7H2,1H3,(H,15,16)(H,17,18). The van der Waals surface area contributed by atoms with Crippen LogP contribution in [0.4, 0.5) is 5.13 Å². The van der Waals surface area contributed by atoms with E-state index in [1.54, 1.807) is 11.6 Å². The van der Waals surface area contributed by atoms with Crippen LogP contribution in [0, 0.1) is 0 Å². The lowest BCUT2D eigenvalue weighted by molar-refractivity contribution is -0.136. The smallest absolute Gasteiger partial charge is 0.309 e. The van der Waals surface area contributed by atoms with Gasteiger partial charge in [0.1, 0.15) is 0 Å². The summed E-state index contributed by atoms with van der Waals surface area (Å²) < 4.78 is 0. The van der Waals surface area contributed by atoms with Crippen LogP contribution in [0.2, 0.25) is 0 Å². The number of carboxylic acid groups (broad SMARTS) is 1. The summed E-state index contributed by atoms with van der Waals surface area (Å²) in [5, 5.41) is 14.4. The summed E-state index contributed by atoms with van der Waals surface area (Å²) >= 11 is 1.41. The van der Waals surface area contributed by atoms with Gasteiger partial charge in [0.2, 0.25) is 0 Å². The first-order valence-electron chi connectivity index (χ1n) is 6.02. The Morgan fingerprint density at radius 3 is 3.11 bits per heavy atom. The molecular formula is C13H15N3O2S. The van der Waals surface area contributed by atoms with E-state index in [2.05, 4.69) is 28.3 Å². The molecule has 19 heavy (non-hydrogen) atoms. The van der Waals surface area contributed by atoms with Gasteiger partial charge in [0.15, 0.2) is 5.13 Å². The summed E-state index contributed by atoms with van der Waals surface area (Å²) in [5.41, 5.74) is 2.79. The van der Waals surface area contributed by atoms with E-state index in [-0.39, 0.29) is 6.42 Å². The highest BCUT2D eigenvalue weighted by Crippen LogP contribution is 2.17. The Morgan fingerprint density at radius 2 is 2.37 bits per heavy atom. The van der Waals surface area contributed by atoms with E-state index in [1.807, 2.05) is 6.07 Å². The quantitative estimate of drug-likeness (QED) is 0.847. The summed E-state index contributed by atoms with van der Waals surface area (Å²) in [4.78, 5) is 19.1. The number of anilines is 1. The fourth-order valence-corrected chi connectivity index (χ4v) is 2.45. The Labute approximate surface area is 115 Å². The van der Waals surface area contributed by atoms with Gasteiger partial charge < -0.3 is 10.4 Å². The molecule has 2 aromatic heterocycles. The number of pyridine rings is 1. The predicted molar refractivity (Wildman–Crippen MR) is 74.4 cm³/mol. The molecule has 0 amide bonds. The van der Waals surface area contributed by atoms with Crippen molar-refractivity contribution in [2.24, 2.45) is 0 Å². The van der Waals surface area contributed by atoms with Crippen LogP contribution < -0.4 is 5.32 Å². The van der Waals surface area contributed by atoms with Gasteiger partial charge in [-0.15, -0.1) is 11.3 Å². The second-order valence-corrected chi connectivity index (χ2v) is 4.89. The SMILES string of the molecule is CCc1cccnc1CNc1nc(CC(=O)O)cs1. The number of aryl methyl sites for hydroxylation is 1. The fraction of sp³-hybridized carbons (Fsp3) is 0.308. The van der Waals surface area contributed by atoms with Crippen LogP contribution in [0.15, 0.2) is 23.7 Å². The molecule has 5 nitrogen and oxygen atoms in total. The number of thiazole rings is 1. The van der Waals surface area contributed by atoms with Crippen molar-refractivity contribution < 1.29 is 9.90 Å². The lowest BCUT2D eigenvalue weighted by atomic mass is 10.1. The van der Waals surface area contributed by atoms with E-state index in [0.29, 0.717) is 12.2 Å². The van der Waals surface area contributed by atoms with Crippen LogP contribution in [0.5, 0.6) is 0 Å². The normalized spacial score (nSPS) is 10.4. The molecule has 0 fully saturated rings. The van der Waals surface area contributed by atoms with E-state index < -0.39 is 5.97 Å². The number of aliphatic carboxylic acids is 1. The van der Waals surface area contributed by atoms with Crippen molar-refractivity contribution in [3.8, 4) is 0 Å². The topological polar surface area (TPSA) is 75.1 Å². The third-order valence-electron chi connectivity index (χ3n) is 2.66. The van der Waals surface area contributed by atoms with Crippen LogP contribution in [-0.2, 0) is 24.2 Å². The number of nitrogens with zero attached hydrogens (tertiary/aromatic N) is 2. The molecule has 0 aliphatic heterocycles. The first-order chi connectivity index (χ1) is 9.19. The zero-order chi connectivity index (χ0) is 13.7. The largest absolute Gasteiger partial charge is 0.481 e. The van der Waals surface area contributed by atoms with Crippen molar-refractivity contribution in [2.45, 2.75) is 26.3 Å². The lowest BCUT2D eigenvalue weighted by Gasteiger charge is -2.06. The average molecular weight is 277 g/mol. The molecule has 0 radical (unpaired) electrons. The van der Waals surface area contributed by atoms with Crippen molar-refractivity contribution in [1.82, 2.24) is 9.97 Å². The number of rotatable bonds is 6. The second-order valence-electron chi connectivity index (χ2n) is 4.03. The Balaban J connectivity index is 1.98. The molecule has 0 unspecified atom stereocenters. The molecule has 2 rings (SSSR count). The van der Waals surface area contributed by atoms with Crippen molar-refractivity contribution in [3.05, 3.63) is 40.7 Å². The second kappa shape index (κ2) is 6.29. The minimum atomic E-state index is -0.866. The summed E-state index contributed by atoms with van der Waals surface area (Å²) in [6.45, 7) is 2.69. The molecule has 2 aromatic rings. The van der Waals surface area contributed by atoms with Gasteiger partial charge in [-0.2, -0.15) is 0 Å². The average Bonchev–Trinajstić information content (AvgIpc) is 2.83. The lowest BCUT2D eigenvalue weighted by Crippen LogP contribution is -2.05. The summed E-state index contributed by atoms with van der Waals surface area (Å²) in [5.74, 6) is -0.866. The van der Waals surface area contributed by atoms with E-state index in [0.717, 1.165) is 17.2 Å². The van der Waals surface area contributed by atoms with Gasteiger partial charge in [0.25, 0.3) is 0 Å². The first-order valence-corrected chi connectivity index (χ1v) is 6.90. The zero-order valence-electron chi connectivity index (χ0n) is 10.6. The van der Waals surface area contributed by atoms with Crippen LogP contribution in [0.3, 0.4) is 0 Å². The molecule has 0 aromatic carbocycles. The van der Waals surface area contributed by atoms with Crippen LogP contribution in [-0.4, -0.2) is 21.0 Å². The van der Waals surface area contributed by atoms with Crippen molar-refractivity contribution in [2.75, 3.05) is 5.32 Å². The Kier molecular flexibility index (Phi) is 4.46. The molecule has 0 spiro atoms. The number of carboxylic acids is 1. The fourth-order valence-electron chi connectivity index (χ4n) is 1.74. The number of hydrogen-bond acceptors (Lipinski definition) is 5. The first kappa shape index (κ1) is 13.5. The van der Waals surface area contributed by atoms with Gasteiger partial charge in [0, 0.05) is 11.6 Å². The highest BCUT2D eigenvalue weighted by molar-refractivity contribution is 7.13. The number of carbonyl (C=O) groups is 1. The highest BCUT2D eigenvalue weighted by Gasteiger charge is 2.07. The third kappa shape index (κ3) is 3.75. The predicted octanol–water partition coefficient (Wildman–Crippen LogP) is 2.34. The monoisotopic (exact) mass is 277 g/mol. The third-order valence-corrected chi connectivity index (χ3v) is 3.51. The molecule has 0 bridgehead atoms. The Morgan fingerprint density at radius 1 is 1.53 bits per heavy atom. The van der Waals surface area contributed by atoms with Crippen LogP contribution >= 0.6 is 11.3 Å². The van der Waals surface area contributed by atoms with Crippen molar-refractivity contribution in [1.29, 1.82) is 0 Å². The highest BCUT2D eigenvalue weighted by atomic mass is 32.1. The van der Waals surface area contributed by atoms with Crippen LogP contribution in [0.25, 0.3) is 0 Å². The molecular weight excluding hydrogens is 262 g/mol. The van der Waals surface area contributed by atoms with Crippen molar-refractivity contribution in [3.63, 3.8) is 0 Å². The minimum absolute atomic E-state index is 0.0397. The molecule has 0 aliphatic rings. The Bertz CT molecular complexity index is 569. The number of aromatic nitrogens is 2. The maximum Gasteiger partial charge on any atom is 0.309 e. The van der Waals surface area contributed by atoms with Gasteiger partial charge in [-0.3, -0.25) is 9.78 Å². The molecule has 6 heteroatoms. The molecule has 0 atom stereocenters. The minimum Gasteiger partial charge on any atom is -0.481 e. The van der Waals surface area contributed by atoms with Gasteiger partial charge >= 0.3 is 5.97 Å².